The van der Waals surface area contributed by atoms with E-state index < -0.39 is 11.7 Å². The normalized spacial score (nSPS) is 11.2. The van der Waals surface area contributed by atoms with Crippen LogP contribution in [0.4, 0.5) is 0 Å². The molecular weight excluding hydrogens is 458 g/mol. The van der Waals surface area contributed by atoms with Crippen LogP contribution in [-0.4, -0.2) is 10.5 Å². The number of nitrogens with zero attached hydrogens (tertiary/aromatic N) is 1. The Morgan fingerprint density at radius 1 is 0.971 bits per heavy atom. The number of benzene rings is 3. The smallest absolute Gasteiger partial charge is 0.419 e. The number of rotatable bonds is 5. The van der Waals surface area contributed by atoms with Crippen molar-refractivity contribution < 1.29 is 18.4 Å². The minimum atomic E-state index is -0.581. The molecule has 0 bridgehead atoms. The highest BCUT2D eigenvalue weighted by Gasteiger charge is 2.16. The molecule has 0 amide bonds. The third-order valence-electron chi connectivity index (χ3n) is 5.50. The molecule has 2 aromatic heterocycles. The molecule has 8 heteroatoms. The van der Waals surface area contributed by atoms with Crippen LogP contribution in [0.5, 0.6) is 5.75 Å². The lowest BCUT2D eigenvalue weighted by Gasteiger charge is -2.09. The molecule has 3 aromatic carbocycles. The highest BCUT2D eigenvalue weighted by Crippen LogP contribution is 2.26. The van der Waals surface area contributed by atoms with Crippen molar-refractivity contribution in [2.75, 3.05) is 0 Å². The van der Waals surface area contributed by atoms with E-state index in [4.69, 9.17) is 25.2 Å². The van der Waals surface area contributed by atoms with Crippen LogP contribution < -0.4 is 15.9 Å². The topological polar surface area (TPSA) is 91.7 Å². The van der Waals surface area contributed by atoms with E-state index in [1.807, 2.05) is 30.3 Å². The number of aryl methyl sites for hydroxylation is 2. The predicted molar refractivity (Wildman–Crippen MR) is 128 cm³/mol. The van der Waals surface area contributed by atoms with Gasteiger partial charge in [-0.3, -0.25) is 14.2 Å². The fourth-order valence-electron chi connectivity index (χ4n) is 3.93. The Morgan fingerprint density at radius 3 is 2.56 bits per heavy atom. The summed E-state index contributed by atoms with van der Waals surface area (Å²) in [6, 6.07) is 18.8. The van der Waals surface area contributed by atoms with E-state index in [1.54, 1.807) is 37.3 Å². The number of hydrogen-bond acceptors (Lipinski definition) is 6. The number of ether oxygens (including phenoxy) is 1. The zero-order valence-corrected chi connectivity index (χ0v) is 18.8. The summed E-state index contributed by atoms with van der Waals surface area (Å²) in [6.45, 7) is 1.80. The summed E-state index contributed by atoms with van der Waals surface area (Å²) >= 11 is 5.93. The third-order valence-corrected chi connectivity index (χ3v) is 5.74. The fourth-order valence-corrected chi connectivity index (χ4v) is 4.09. The van der Waals surface area contributed by atoms with E-state index in [1.165, 1.54) is 10.6 Å². The lowest BCUT2D eigenvalue weighted by Crippen LogP contribution is -2.18. The van der Waals surface area contributed by atoms with E-state index in [0.717, 1.165) is 5.56 Å². The molecule has 0 unspecified atom stereocenters. The van der Waals surface area contributed by atoms with Crippen molar-refractivity contribution in [1.29, 1.82) is 0 Å². The maximum Gasteiger partial charge on any atom is 0.419 e. The van der Waals surface area contributed by atoms with Gasteiger partial charge in [0.15, 0.2) is 5.58 Å². The van der Waals surface area contributed by atoms with Gasteiger partial charge in [-0.15, -0.1) is 0 Å². The van der Waals surface area contributed by atoms with Crippen molar-refractivity contribution in [2.24, 2.45) is 0 Å². The molecule has 0 spiro atoms. The first-order valence-electron chi connectivity index (χ1n) is 10.5. The highest BCUT2D eigenvalue weighted by atomic mass is 35.5. The van der Waals surface area contributed by atoms with Crippen molar-refractivity contribution in [2.45, 2.75) is 19.9 Å². The fraction of sp³-hybridized carbons (Fsp3) is 0.115. The number of esters is 1. The third kappa shape index (κ3) is 4.02. The summed E-state index contributed by atoms with van der Waals surface area (Å²) in [5, 5.41) is 0.834. The zero-order chi connectivity index (χ0) is 23.8. The highest BCUT2D eigenvalue weighted by molar-refractivity contribution is 6.31. The minimum Gasteiger partial charge on any atom is -0.460 e. The molecule has 0 radical (unpaired) electrons. The molecule has 2 heterocycles. The molecule has 5 aromatic rings. The van der Waals surface area contributed by atoms with Gasteiger partial charge in [0, 0.05) is 23.7 Å². The van der Waals surface area contributed by atoms with Gasteiger partial charge in [-0.05, 0) is 36.8 Å². The average molecular weight is 476 g/mol. The van der Waals surface area contributed by atoms with E-state index >= 15 is 0 Å². The first kappa shape index (κ1) is 21.7. The second kappa shape index (κ2) is 8.68. The van der Waals surface area contributed by atoms with E-state index in [0.29, 0.717) is 38.4 Å². The number of fused-ring (bicyclic) bond motifs is 2. The van der Waals surface area contributed by atoms with Crippen LogP contribution in [0.2, 0.25) is 5.02 Å². The molecular formula is C26H18ClNO6. The van der Waals surface area contributed by atoms with Gasteiger partial charge in [-0.2, -0.15) is 0 Å². The van der Waals surface area contributed by atoms with Crippen LogP contribution in [0.15, 0.2) is 85.2 Å². The number of carbonyl (C=O) groups is 1. The number of hydrogen-bond donors (Lipinski definition) is 0. The van der Waals surface area contributed by atoms with Gasteiger partial charge in [-0.1, -0.05) is 41.9 Å². The molecule has 34 heavy (non-hydrogen) atoms. The standard InChI is InChI=1S/C26H18ClNO6/c1-15-24(16-5-3-2-4-6-16)25(30)19-9-8-18(14-21(19)32-15)33-23(29)11-12-28-20-10-7-17(27)13-22(20)34-26(28)31/h2-10,13-14H,11-12H2,1H3. The lowest BCUT2D eigenvalue weighted by molar-refractivity contribution is -0.134. The van der Waals surface area contributed by atoms with Crippen LogP contribution in [0.3, 0.4) is 0 Å². The Bertz CT molecular complexity index is 1660. The predicted octanol–water partition coefficient (Wildman–Crippen LogP) is 5.33. The summed E-state index contributed by atoms with van der Waals surface area (Å²) < 4.78 is 17.8. The second-order valence-corrected chi connectivity index (χ2v) is 8.18. The van der Waals surface area contributed by atoms with Crippen molar-refractivity contribution in [3.63, 3.8) is 0 Å². The van der Waals surface area contributed by atoms with Gasteiger partial charge in [0.1, 0.15) is 17.1 Å². The summed E-state index contributed by atoms with van der Waals surface area (Å²) in [4.78, 5) is 37.6. The van der Waals surface area contributed by atoms with E-state index in [2.05, 4.69) is 0 Å². The molecule has 0 saturated heterocycles. The van der Waals surface area contributed by atoms with Crippen LogP contribution in [0.25, 0.3) is 33.2 Å². The Hall–Kier alpha value is -4.10. The van der Waals surface area contributed by atoms with Crippen LogP contribution in [0, 0.1) is 6.92 Å². The van der Waals surface area contributed by atoms with Crippen LogP contribution in [0.1, 0.15) is 12.2 Å². The van der Waals surface area contributed by atoms with Crippen molar-refractivity contribution >= 4 is 39.6 Å². The van der Waals surface area contributed by atoms with Crippen LogP contribution >= 0.6 is 11.6 Å². The van der Waals surface area contributed by atoms with Gasteiger partial charge < -0.3 is 13.6 Å². The lowest BCUT2D eigenvalue weighted by atomic mass is 10.0. The molecule has 0 atom stereocenters. The van der Waals surface area contributed by atoms with Crippen molar-refractivity contribution in [3.05, 3.63) is 98.3 Å². The molecule has 0 aliphatic carbocycles. The van der Waals surface area contributed by atoms with Crippen molar-refractivity contribution in [1.82, 2.24) is 4.57 Å². The number of halogens is 1. The molecule has 5 rings (SSSR count). The number of oxazole rings is 1. The zero-order valence-electron chi connectivity index (χ0n) is 18.0. The Kier molecular flexibility index (Phi) is 5.55. The number of carbonyl (C=O) groups excluding carboxylic acids is 1. The summed E-state index contributed by atoms with van der Waals surface area (Å²) in [5.41, 5.74) is 2.32. The Labute approximate surface area is 197 Å². The summed E-state index contributed by atoms with van der Waals surface area (Å²) in [5.74, 6) is -0.418. The second-order valence-electron chi connectivity index (χ2n) is 7.74. The molecule has 0 saturated carbocycles. The van der Waals surface area contributed by atoms with Gasteiger partial charge in [-0.25, -0.2) is 4.79 Å². The molecule has 170 valence electrons. The molecule has 0 aliphatic rings. The Balaban J connectivity index is 1.36. The monoisotopic (exact) mass is 475 g/mol. The molecule has 7 nitrogen and oxygen atoms in total. The van der Waals surface area contributed by atoms with Crippen molar-refractivity contribution in [3.8, 4) is 16.9 Å². The van der Waals surface area contributed by atoms with E-state index in [-0.39, 0.29) is 24.1 Å². The SMILES string of the molecule is Cc1oc2cc(OC(=O)CCn3c(=O)oc4cc(Cl)ccc43)ccc2c(=O)c1-c1ccccc1. The number of aromatic nitrogens is 1. The van der Waals surface area contributed by atoms with Gasteiger partial charge in [0.25, 0.3) is 0 Å². The first-order chi connectivity index (χ1) is 16.4. The molecule has 0 N–H and O–H groups in total. The van der Waals surface area contributed by atoms with Gasteiger partial charge >= 0.3 is 11.7 Å². The summed E-state index contributed by atoms with van der Waals surface area (Å²) in [6.07, 6.45) is -0.0644. The first-order valence-corrected chi connectivity index (χ1v) is 10.9. The quantitative estimate of drug-likeness (QED) is 0.252. The molecule has 0 aliphatic heterocycles. The minimum absolute atomic E-state index is 0.0644. The van der Waals surface area contributed by atoms with Gasteiger partial charge in [0.05, 0.1) is 22.9 Å². The average Bonchev–Trinajstić information content (AvgIpc) is 3.12. The largest absolute Gasteiger partial charge is 0.460 e. The maximum absolute atomic E-state index is 13.1. The maximum atomic E-state index is 13.1. The van der Waals surface area contributed by atoms with E-state index in [9.17, 15) is 14.4 Å². The van der Waals surface area contributed by atoms with Crippen LogP contribution in [-0.2, 0) is 11.3 Å². The Morgan fingerprint density at radius 2 is 1.76 bits per heavy atom. The molecule has 0 fully saturated rings. The summed E-state index contributed by atoms with van der Waals surface area (Å²) in [7, 11) is 0. The van der Waals surface area contributed by atoms with Gasteiger partial charge in [0.2, 0.25) is 5.43 Å².